The Morgan fingerprint density at radius 1 is 1.43 bits per heavy atom. The van der Waals surface area contributed by atoms with Crippen molar-refractivity contribution in [2.24, 2.45) is 0 Å². The number of benzene rings is 1. The molecule has 0 unspecified atom stereocenters. The van der Waals surface area contributed by atoms with Gasteiger partial charge in [-0.2, -0.15) is 0 Å². The van der Waals surface area contributed by atoms with Crippen molar-refractivity contribution in [1.82, 2.24) is 5.32 Å². The van der Waals surface area contributed by atoms with Crippen LogP contribution in [0.4, 0.5) is 13.6 Å². The van der Waals surface area contributed by atoms with Crippen molar-refractivity contribution in [2.45, 2.75) is 6.42 Å². The number of halogens is 3. The highest BCUT2D eigenvalue weighted by Crippen LogP contribution is 2.09. The highest BCUT2D eigenvalue weighted by molar-refractivity contribution is 9.18. The van der Waals surface area contributed by atoms with Gasteiger partial charge in [-0.05, 0) is 30.2 Å². The lowest BCUT2D eigenvalue weighted by Gasteiger charge is -2.03. The number of amides is 1. The third kappa shape index (κ3) is 3.41. The maximum atomic E-state index is 13.0. The Balaban J connectivity index is 2.57. The first kappa shape index (κ1) is 11.1. The molecule has 0 radical (unpaired) electrons. The van der Waals surface area contributed by atoms with Gasteiger partial charge in [-0.15, -0.1) is 0 Å². The Kier molecular flexibility index (Phi) is 4.00. The zero-order valence-corrected chi connectivity index (χ0v) is 8.77. The highest BCUT2D eigenvalue weighted by Gasteiger charge is 2.03. The largest absolute Gasteiger partial charge is 0.346 e. The topological polar surface area (TPSA) is 29.1 Å². The second-order valence-electron chi connectivity index (χ2n) is 2.69. The Labute approximate surface area is 88.4 Å². The van der Waals surface area contributed by atoms with Gasteiger partial charge in [-0.25, -0.2) is 8.78 Å². The lowest BCUT2D eigenvalue weighted by atomic mass is 10.1. The van der Waals surface area contributed by atoms with E-state index in [0.29, 0.717) is 0 Å². The van der Waals surface area contributed by atoms with Crippen molar-refractivity contribution >= 4 is 20.7 Å². The molecule has 1 amide bonds. The summed E-state index contributed by atoms with van der Waals surface area (Å²) in [5.74, 6) is -0.943. The predicted molar refractivity (Wildman–Crippen MR) is 52.4 cm³/mol. The first-order valence-electron chi connectivity index (χ1n) is 3.97. The summed E-state index contributed by atoms with van der Waals surface area (Å²) in [7, 11) is 0. The van der Waals surface area contributed by atoms with Crippen LogP contribution in [0.1, 0.15) is 5.56 Å². The quantitative estimate of drug-likeness (QED) is 0.659. The molecular weight excluding hydrogens is 256 g/mol. The molecule has 1 aromatic carbocycles. The van der Waals surface area contributed by atoms with E-state index in [-0.39, 0.29) is 23.3 Å². The van der Waals surface area contributed by atoms with Crippen LogP contribution in [0.15, 0.2) is 18.2 Å². The fraction of sp³-hybridized carbons (Fsp3) is 0.222. The van der Waals surface area contributed by atoms with Crippen molar-refractivity contribution in [3.05, 3.63) is 35.4 Å². The predicted octanol–water partition coefficient (Wildman–Crippen LogP) is 2.61. The minimum Gasteiger partial charge on any atom is -0.346 e. The van der Waals surface area contributed by atoms with E-state index in [1.165, 1.54) is 0 Å². The van der Waals surface area contributed by atoms with Gasteiger partial charge >= 0.3 is 0 Å². The van der Waals surface area contributed by atoms with Crippen LogP contribution in [0.3, 0.4) is 0 Å². The number of hydrogen-bond donors (Lipinski definition) is 1. The summed E-state index contributed by atoms with van der Waals surface area (Å²) < 4.78 is 25.7. The molecule has 0 aliphatic carbocycles. The van der Waals surface area contributed by atoms with Crippen molar-refractivity contribution in [1.29, 1.82) is 0 Å². The highest BCUT2D eigenvalue weighted by atomic mass is 79.9. The molecule has 1 rings (SSSR count). The van der Waals surface area contributed by atoms with E-state index >= 15 is 0 Å². The molecule has 0 fully saturated rings. The maximum Gasteiger partial charge on any atom is 0.287 e. The van der Waals surface area contributed by atoms with Gasteiger partial charge in [-0.3, -0.25) is 4.79 Å². The average Bonchev–Trinajstić information content (AvgIpc) is 2.10. The fourth-order valence-electron chi connectivity index (χ4n) is 1.03. The first-order valence-corrected chi connectivity index (χ1v) is 4.76. The summed E-state index contributed by atoms with van der Waals surface area (Å²) in [5.41, 5.74) is 0.256. The molecule has 0 aromatic heterocycles. The van der Waals surface area contributed by atoms with Crippen LogP contribution in [-0.2, 0) is 6.42 Å². The Hall–Kier alpha value is -0.970. The second kappa shape index (κ2) is 5.05. The van der Waals surface area contributed by atoms with Crippen molar-refractivity contribution < 1.29 is 13.6 Å². The van der Waals surface area contributed by atoms with E-state index in [1.54, 1.807) is 0 Å². The summed E-state index contributed by atoms with van der Waals surface area (Å²) in [4.78, 5) is 10.1. The minimum atomic E-state index is -0.480. The molecule has 76 valence electrons. The summed E-state index contributed by atoms with van der Waals surface area (Å²) in [6.45, 7) is 0.268. The molecule has 0 saturated carbocycles. The van der Waals surface area contributed by atoms with E-state index in [1.807, 2.05) is 0 Å². The van der Waals surface area contributed by atoms with Crippen molar-refractivity contribution in [3.8, 4) is 0 Å². The second-order valence-corrected chi connectivity index (χ2v) is 3.41. The standard InChI is InChI=1S/C9H8BrF2NO/c10-9(14)13-4-3-6-5-7(11)1-2-8(6)12/h1-2,5H,3-4H2,(H,13,14). The summed E-state index contributed by atoms with van der Waals surface area (Å²) >= 11 is 2.66. The van der Waals surface area contributed by atoms with E-state index in [9.17, 15) is 13.6 Å². The smallest absolute Gasteiger partial charge is 0.287 e. The van der Waals surface area contributed by atoms with E-state index in [4.69, 9.17) is 0 Å². The first-order chi connectivity index (χ1) is 6.59. The van der Waals surface area contributed by atoms with E-state index < -0.39 is 11.6 Å². The van der Waals surface area contributed by atoms with Gasteiger partial charge in [0, 0.05) is 22.5 Å². The van der Waals surface area contributed by atoms with Crippen LogP contribution in [0.25, 0.3) is 0 Å². The van der Waals surface area contributed by atoms with Gasteiger partial charge in [0.05, 0.1) is 0 Å². The summed E-state index contributed by atoms with van der Waals surface area (Å²) in [6.07, 6.45) is 0.265. The molecule has 0 bridgehead atoms. The molecule has 1 aromatic rings. The van der Waals surface area contributed by atoms with Crippen LogP contribution >= 0.6 is 15.9 Å². The Morgan fingerprint density at radius 3 is 2.79 bits per heavy atom. The molecule has 0 atom stereocenters. The number of nitrogens with one attached hydrogen (secondary N) is 1. The molecule has 0 heterocycles. The SMILES string of the molecule is O=C(Br)NCCc1cc(F)ccc1F. The minimum absolute atomic E-state index is 0.256. The molecule has 0 aliphatic rings. The summed E-state index contributed by atoms with van der Waals surface area (Å²) in [5, 5.41) is 2.43. The van der Waals surface area contributed by atoms with Crippen molar-refractivity contribution in [2.75, 3.05) is 6.54 Å². The van der Waals surface area contributed by atoms with Gasteiger partial charge in [0.2, 0.25) is 0 Å². The molecule has 5 heteroatoms. The van der Waals surface area contributed by atoms with Crippen LogP contribution in [-0.4, -0.2) is 11.4 Å². The third-order valence-electron chi connectivity index (χ3n) is 1.67. The molecule has 14 heavy (non-hydrogen) atoms. The Bertz CT molecular complexity index is 344. The molecule has 0 spiro atoms. The zero-order valence-electron chi connectivity index (χ0n) is 7.19. The van der Waals surface area contributed by atoms with Crippen LogP contribution < -0.4 is 5.32 Å². The molecular formula is C9H8BrF2NO. The van der Waals surface area contributed by atoms with Crippen LogP contribution in [0.5, 0.6) is 0 Å². The average molecular weight is 264 g/mol. The zero-order chi connectivity index (χ0) is 10.6. The normalized spacial score (nSPS) is 9.93. The van der Waals surface area contributed by atoms with Gasteiger partial charge in [0.25, 0.3) is 4.82 Å². The number of carbonyl (C=O) groups is 1. The van der Waals surface area contributed by atoms with E-state index in [2.05, 4.69) is 21.2 Å². The van der Waals surface area contributed by atoms with E-state index in [0.717, 1.165) is 18.2 Å². The van der Waals surface area contributed by atoms with Gasteiger partial charge in [0.15, 0.2) is 0 Å². The molecule has 0 saturated heterocycles. The number of carbonyl (C=O) groups excluding carboxylic acids is 1. The monoisotopic (exact) mass is 263 g/mol. The maximum absolute atomic E-state index is 13.0. The number of rotatable bonds is 3. The lowest BCUT2D eigenvalue weighted by molar-refractivity contribution is 0.262. The fourth-order valence-corrected chi connectivity index (χ4v) is 1.23. The summed E-state index contributed by atoms with van der Waals surface area (Å²) in [6, 6.07) is 3.25. The molecule has 2 nitrogen and oxygen atoms in total. The van der Waals surface area contributed by atoms with Gasteiger partial charge in [0.1, 0.15) is 11.6 Å². The Morgan fingerprint density at radius 2 is 2.14 bits per heavy atom. The molecule has 0 aliphatic heterocycles. The number of hydrogen-bond acceptors (Lipinski definition) is 1. The molecule has 1 N–H and O–H groups in total. The third-order valence-corrected chi connectivity index (χ3v) is 1.95. The van der Waals surface area contributed by atoms with Crippen LogP contribution in [0.2, 0.25) is 0 Å². The van der Waals surface area contributed by atoms with Gasteiger partial charge in [-0.1, -0.05) is 0 Å². The lowest BCUT2D eigenvalue weighted by Crippen LogP contribution is -2.19. The van der Waals surface area contributed by atoms with Crippen LogP contribution in [0, 0.1) is 11.6 Å². The van der Waals surface area contributed by atoms with Crippen molar-refractivity contribution in [3.63, 3.8) is 0 Å². The van der Waals surface area contributed by atoms with Gasteiger partial charge < -0.3 is 5.32 Å².